The van der Waals surface area contributed by atoms with Crippen LogP contribution < -0.4 is 5.32 Å². The summed E-state index contributed by atoms with van der Waals surface area (Å²) in [4.78, 5) is 10.4. The number of halogens is 1. The molecule has 0 radical (unpaired) electrons. The van der Waals surface area contributed by atoms with Crippen LogP contribution in [0.5, 0.6) is 0 Å². The van der Waals surface area contributed by atoms with Crippen LogP contribution in [-0.2, 0) is 0 Å². The maximum absolute atomic E-state index is 13.8. The standard InChI is InChI=1S/C14H19FN2O2/c1-9-6-7-11(8-10(9)2)16-14-12(15)4-3-5-13(14)17(18)19/h3-5,9-11,16H,6-8H2,1-2H3. The second-order valence-corrected chi connectivity index (χ2v) is 5.50. The van der Waals surface area contributed by atoms with Crippen LogP contribution in [0.25, 0.3) is 0 Å². The molecule has 0 aromatic heterocycles. The van der Waals surface area contributed by atoms with Crippen molar-refractivity contribution < 1.29 is 9.31 Å². The molecule has 2 rings (SSSR count). The van der Waals surface area contributed by atoms with Gasteiger partial charge < -0.3 is 5.32 Å². The maximum Gasteiger partial charge on any atom is 0.295 e. The van der Waals surface area contributed by atoms with E-state index in [2.05, 4.69) is 19.2 Å². The number of nitrogens with one attached hydrogen (secondary N) is 1. The molecule has 1 aliphatic carbocycles. The van der Waals surface area contributed by atoms with Gasteiger partial charge in [0.2, 0.25) is 0 Å². The molecule has 1 saturated carbocycles. The largest absolute Gasteiger partial charge is 0.374 e. The van der Waals surface area contributed by atoms with Gasteiger partial charge in [-0.15, -0.1) is 0 Å². The number of nitrogens with zero attached hydrogens (tertiary/aromatic N) is 1. The van der Waals surface area contributed by atoms with Crippen LogP contribution in [0.2, 0.25) is 0 Å². The minimum Gasteiger partial charge on any atom is -0.374 e. The van der Waals surface area contributed by atoms with E-state index in [1.165, 1.54) is 18.2 Å². The Labute approximate surface area is 112 Å². The summed E-state index contributed by atoms with van der Waals surface area (Å²) in [5, 5.41) is 14.0. The van der Waals surface area contributed by atoms with Crippen molar-refractivity contribution in [3.05, 3.63) is 34.1 Å². The molecule has 0 spiro atoms. The second kappa shape index (κ2) is 5.55. The van der Waals surface area contributed by atoms with Crippen LogP contribution >= 0.6 is 0 Å². The quantitative estimate of drug-likeness (QED) is 0.665. The third-order valence-electron chi connectivity index (χ3n) is 4.13. The van der Waals surface area contributed by atoms with E-state index >= 15 is 0 Å². The summed E-state index contributed by atoms with van der Waals surface area (Å²) < 4.78 is 13.8. The SMILES string of the molecule is CC1CCC(Nc2c(F)cccc2[N+](=O)[O-])CC1C. The molecule has 1 aromatic rings. The Morgan fingerprint density at radius 2 is 2.05 bits per heavy atom. The van der Waals surface area contributed by atoms with Crippen molar-refractivity contribution in [1.29, 1.82) is 0 Å². The molecule has 5 heteroatoms. The molecule has 19 heavy (non-hydrogen) atoms. The van der Waals surface area contributed by atoms with Crippen LogP contribution in [-0.4, -0.2) is 11.0 Å². The van der Waals surface area contributed by atoms with E-state index in [1.807, 2.05) is 0 Å². The lowest BCUT2D eigenvalue weighted by Gasteiger charge is -2.33. The predicted octanol–water partition coefficient (Wildman–Crippen LogP) is 3.97. The van der Waals surface area contributed by atoms with Crippen LogP contribution in [0, 0.1) is 27.8 Å². The van der Waals surface area contributed by atoms with E-state index in [-0.39, 0.29) is 17.4 Å². The Kier molecular flexibility index (Phi) is 4.02. The van der Waals surface area contributed by atoms with Crippen molar-refractivity contribution in [3.8, 4) is 0 Å². The van der Waals surface area contributed by atoms with Gasteiger partial charge in [-0.25, -0.2) is 4.39 Å². The van der Waals surface area contributed by atoms with Crippen molar-refractivity contribution in [2.75, 3.05) is 5.32 Å². The smallest absolute Gasteiger partial charge is 0.295 e. The minimum absolute atomic E-state index is 0.0271. The van der Waals surface area contributed by atoms with Gasteiger partial charge in [0.15, 0.2) is 5.82 Å². The fourth-order valence-electron chi connectivity index (χ4n) is 2.69. The Morgan fingerprint density at radius 3 is 2.68 bits per heavy atom. The van der Waals surface area contributed by atoms with E-state index in [0.717, 1.165) is 19.3 Å². The molecule has 1 aromatic carbocycles. The molecular weight excluding hydrogens is 247 g/mol. The van der Waals surface area contributed by atoms with E-state index < -0.39 is 10.7 Å². The monoisotopic (exact) mass is 266 g/mol. The van der Waals surface area contributed by atoms with Gasteiger partial charge in [0.25, 0.3) is 5.69 Å². The number of anilines is 1. The topological polar surface area (TPSA) is 55.2 Å². The number of nitro groups is 1. The fourth-order valence-corrected chi connectivity index (χ4v) is 2.69. The third kappa shape index (κ3) is 3.03. The number of benzene rings is 1. The lowest BCUT2D eigenvalue weighted by atomic mass is 9.79. The molecule has 1 aliphatic rings. The third-order valence-corrected chi connectivity index (χ3v) is 4.13. The van der Waals surface area contributed by atoms with Crippen LogP contribution in [0.15, 0.2) is 18.2 Å². The van der Waals surface area contributed by atoms with E-state index in [1.54, 1.807) is 0 Å². The number of hydrogen-bond acceptors (Lipinski definition) is 3. The Hall–Kier alpha value is -1.65. The van der Waals surface area contributed by atoms with Crippen LogP contribution in [0.1, 0.15) is 33.1 Å². The Bertz CT molecular complexity index is 479. The average molecular weight is 266 g/mol. The molecular formula is C14H19FN2O2. The summed E-state index contributed by atoms with van der Waals surface area (Å²) in [6.07, 6.45) is 2.92. The zero-order valence-corrected chi connectivity index (χ0v) is 11.2. The molecule has 104 valence electrons. The first-order chi connectivity index (χ1) is 8.99. The molecule has 3 unspecified atom stereocenters. The summed E-state index contributed by atoms with van der Waals surface area (Å²) in [6.45, 7) is 4.39. The van der Waals surface area contributed by atoms with Crippen molar-refractivity contribution in [1.82, 2.24) is 0 Å². The maximum atomic E-state index is 13.8. The number of rotatable bonds is 3. The number of hydrogen-bond donors (Lipinski definition) is 1. The van der Waals surface area contributed by atoms with Gasteiger partial charge in [0.1, 0.15) is 5.69 Å². The summed E-state index contributed by atoms with van der Waals surface area (Å²) in [5.41, 5.74) is -0.162. The summed E-state index contributed by atoms with van der Waals surface area (Å²) in [5.74, 6) is 0.659. The number of nitro benzene ring substituents is 1. The molecule has 0 amide bonds. The lowest BCUT2D eigenvalue weighted by molar-refractivity contribution is -0.384. The molecule has 4 nitrogen and oxygen atoms in total. The van der Waals surface area contributed by atoms with Gasteiger partial charge in [-0.05, 0) is 37.2 Å². The first-order valence-electron chi connectivity index (χ1n) is 6.68. The van der Waals surface area contributed by atoms with Gasteiger partial charge in [-0.2, -0.15) is 0 Å². The van der Waals surface area contributed by atoms with Crippen molar-refractivity contribution in [2.24, 2.45) is 11.8 Å². The van der Waals surface area contributed by atoms with Crippen LogP contribution in [0.3, 0.4) is 0 Å². The number of para-hydroxylation sites is 1. The van der Waals surface area contributed by atoms with Gasteiger partial charge in [0, 0.05) is 12.1 Å². The lowest BCUT2D eigenvalue weighted by Crippen LogP contribution is -2.30. The first kappa shape index (κ1) is 13.8. The van der Waals surface area contributed by atoms with Gasteiger partial charge >= 0.3 is 0 Å². The van der Waals surface area contributed by atoms with Crippen LogP contribution in [0.4, 0.5) is 15.8 Å². The summed E-state index contributed by atoms with van der Waals surface area (Å²) in [6, 6.07) is 4.07. The van der Waals surface area contributed by atoms with Crippen molar-refractivity contribution in [3.63, 3.8) is 0 Å². The fraction of sp³-hybridized carbons (Fsp3) is 0.571. The highest BCUT2D eigenvalue weighted by atomic mass is 19.1. The zero-order valence-electron chi connectivity index (χ0n) is 11.2. The van der Waals surface area contributed by atoms with Crippen molar-refractivity contribution in [2.45, 2.75) is 39.2 Å². The van der Waals surface area contributed by atoms with Crippen molar-refractivity contribution >= 4 is 11.4 Å². The second-order valence-electron chi connectivity index (χ2n) is 5.50. The zero-order chi connectivity index (χ0) is 14.0. The van der Waals surface area contributed by atoms with Gasteiger partial charge in [-0.3, -0.25) is 10.1 Å². The highest BCUT2D eigenvalue weighted by Gasteiger charge is 2.27. The average Bonchev–Trinajstić information content (AvgIpc) is 2.36. The highest BCUT2D eigenvalue weighted by Crippen LogP contribution is 2.34. The molecule has 1 N–H and O–H groups in total. The van der Waals surface area contributed by atoms with E-state index in [9.17, 15) is 14.5 Å². The predicted molar refractivity (Wildman–Crippen MR) is 72.6 cm³/mol. The minimum atomic E-state index is -0.555. The molecule has 3 atom stereocenters. The molecule has 0 bridgehead atoms. The van der Waals surface area contributed by atoms with Gasteiger partial charge in [0.05, 0.1) is 4.92 Å². The van der Waals surface area contributed by atoms with E-state index in [4.69, 9.17) is 0 Å². The molecule has 0 saturated heterocycles. The molecule has 0 aliphatic heterocycles. The summed E-state index contributed by atoms with van der Waals surface area (Å²) in [7, 11) is 0. The molecule has 1 fully saturated rings. The Balaban J connectivity index is 2.17. The first-order valence-corrected chi connectivity index (χ1v) is 6.68. The normalized spacial score (nSPS) is 27.0. The van der Waals surface area contributed by atoms with Gasteiger partial charge in [-0.1, -0.05) is 19.9 Å². The molecule has 0 heterocycles. The Morgan fingerprint density at radius 1 is 1.32 bits per heavy atom. The highest BCUT2D eigenvalue weighted by molar-refractivity contribution is 5.62. The summed E-state index contributed by atoms with van der Waals surface area (Å²) >= 11 is 0. The van der Waals surface area contributed by atoms with E-state index in [0.29, 0.717) is 11.8 Å².